The molecular formula is C22H29F2N5O2. The summed E-state index contributed by atoms with van der Waals surface area (Å²) >= 11 is 0. The molecule has 1 N–H and O–H groups in total. The first-order valence-corrected chi connectivity index (χ1v) is 10.4. The van der Waals surface area contributed by atoms with Gasteiger partial charge < -0.3 is 15.0 Å². The fraction of sp³-hybridized carbons (Fsp3) is 0.500. The number of nitrogens with zero attached hydrogens (tertiary/aromatic N) is 4. The van der Waals surface area contributed by atoms with Gasteiger partial charge in [-0.1, -0.05) is 26.0 Å². The fourth-order valence-electron chi connectivity index (χ4n) is 3.38. The van der Waals surface area contributed by atoms with Crippen LogP contribution < -0.4 is 15.0 Å². The van der Waals surface area contributed by atoms with Crippen LogP contribution >= 0.6 is 0 Å². The molecule has 0 saturated carbocycles. The normalized spacial score (nSPS) is 14.9. The lowest BCUT2D eigenvalue weighted by Gasteiger charge is -2.35. The van der Waals surface area contributed by atoms with Crippen molar-refractivity contribution in [3.8, 4) is 5.75 Å². The molecule has 1 amide bonds. The smallest absolute Gasteiger partial charge is 0.387 e. The summed E-state index contributed by atoms with van der Waals surface area (Å²) in [6, 6.07) is 8.25. The van der Waals surface area contributed by atoms with Gasteiger partial charge >= 0.3 is 6.61 Å². The number of hydrogen-bond acceptors (Lipinski definition) is 6. The maximum Gasteiger partial charge on any atom is 0.387 e. The van der Waals surface area contributed by atoms with Crippen molar-refractivity contribution >= 4 is 11.7 Å². The summed E-state index contributed by atoms with van der Waals surface area (Å²) < 4.78 is 28.7. The molecule has 1 saturated heterocycles. The molecule has 0 spiro atoms. The molecule has 1 fully saturated rings. The monoisotopic (exact) mass is 433 g/mol. The van der Waals surface area contributed by atoms with E-state index in [1.165, 1.54) is 12.1 Å². The highest BCUT2D eigenvalue weighted by Crippen LogP contribution is 2.19. The minimum Gasteiger partial charge on any atom is -0.435 e. The van der Waals surface area contributed by atoms with Crippen LogP contribution in [-0.2, 0) is 11.3 Å². The Morgan fingerprint density at radius 2 is 1.81 bits per heavy atom. The van der Waals surface area contributed by atoms with E-state index in [4.69, 9.17) is 4.98 Å². The Morgan fingerprint density at radius 1 is 1.13 bits per heavy atom. The van der Waals surface area contributed by atoms with E-state index in [-0.39, 0.29) is 17.6 Å². The number of benzene rings is 1. The van der Waals surface area contributed by atoms with Crippen LogP contribution in [-0.4, -0.2) is 60.1 Å². The second-order valence-electron chi connectivity index (χ2n) is 7.94. The number of alkyl halides is 2. The van der Waals surface area contributed by atoms with Crippen molar-refractivity contribution in [2.24, 2.45) is 0 Å². The standard InChI is InChI=1S/C22H29F2N5O2/c1-15(2)21-26-16(3)12-19(27-21)29-10-8-28(9-11-29)14-20(30)25-13-17-4-6-18(7-5-17)31-22(23)24/h4-7,12,15,22H,8-11,13-14H2,1-3H3,(H,25,30). The number of anilines is 1. The number of carbonyl (C=O) groups excluding carboxylic acids is 1. The number of hydrogen-bond donors (Lipinski definition) is 1. The minimum atomic E-state index is -2.85. The Morgan fingerprint density at radius 3 is 2.42 bits per heavy atom. The van der Waals surface area contributed by atoms with E-state index in [9.17, 15) is 13.6 Å². The topological polar surface area (TPSA) is 70.6 Å². The summed E-state index contributed by atoms with van der Waals surface area (Å²) in [6.07, 6.45) is 0. The number of aromatic nitrogens is 2. The number of nitrogens with one attached hydrogen (secondary N) is 1. The third kappa shape index (κ3) is 6.85. The average molecular weight is 434 g/mol. The van der Waals surface area contributed by atoms with Crippen molar-refractivity contribution in [3.63, 3.8) is 0 Å². The van der Waals surface area contributed by atoms with Crippen molar-refractivity contribution in [2.45, 2.75) is 39.8 Å². The molecule has 0 atom stereocenters. The lowest BCUT2D eigenvalue weighted by molar-refractivity contribution is -0.122. The van der Waals surface area contributed by atoms with E-state index < -0.39 is 6.61 Å². The molecule has 9 heteroatoms. The lowest BCUT2D eigenvalue weighted by Crippen LogP contribution is -2.49. The summed E-state index contributed by atoms with van der Waals surface area (Å²) in [7, 11) is 0. The predicted octanol–water partition coefficient (Wildman–Crippen LogP) is 2.95. The lowest BCUT2D eigenvalue weighted by atomic mass is 10.2. The highest BCUT2D eigenvalue weighted by molar-refractivity contribution is 5.78. The minimum absolute atomic E-state index is 0.0682. The van der Waals surface area contributed by atoms with Crippen molar-refractivity contribution < 1.29 is 18.3 Å². The van der Waals surface area contributed by atoms with E-state index in [0.717, 1.165) is 49.1 Å². The molecule has 0 aliphatic carbocycles. The zero-order valence-corrected chi connectivity index (χ0v) is 18.1. The van der Waals surface area contributed by atoms with Gasteiger partial charge in [-0.25, -0.2) is 9.97 Å². The maximum absolute atomic E-state index is 12.3. The van der Waals surface area contributed by atoms with Gasteiger partial charge in [0.2, 0.25) is 5.91 Å². The molecule has 7 nitrogen and oxygen atoms in total. The highest BCUT2D eigenvalue weighted by Gasteiger charge is 2.21. The highest BCUT2D eigenvalue weighted by atomic mass is 19.3. The van der Waals surface area contributed by atoms with Gasteiger partial charge in [-0.2, -0.15) is 8.78 Å². The van der Waals surface area contributed by atoms with E-state index >= 15 is 0 Å². The molecule has 1 aliphatic heterocycles. The Balaban J connectivity index is 1.44. The van der Waals surface area contributed by atoms with E-state index in [1.54, 1.807) is 12.1 Å². The molecule has 2 aromatic rings. The van der Waals surface area contributed by atoms with Crippen LogP contribution in [0.2, 0.25) is 0 Å². The maximum atomic E-state index is 12.3. The second-order valence-corrected chi connectivity index (χ2v) is 7.94. The summed E-state index contributed by atoms with van der Waals surface area (Å²) in [6.45, 7) is 7.10. The number of rotatable bonds is 8. The zero-order valence-electron chi connectivity index (χ0n) is 18.1. The van der Waals surface area contributed by atoms with Crippen LogP contribution in [0, 0.1) is 6.92 Å². The number of ether oxygens (including phenoxy) is 1. The van der Waals surface area contributed by atoms with Gasteiger partial charge in [0.15, 0.2) is 0 Å². The molecule has 1 aromatic carbocycles. The third-order valence-corrected chi connectivity index (χ3v) is 5.08. The van der Waals surface area contributed by atoms with Crippen LogP contribution in [0.4, 0.5) is 14.6 Å². The van der Waals surface area contributed by atoms with Crippen molar-refractivity contribution in [1.82, 2.24) is 20.2 Å². The SMILES string of the molecule is Cc1cc(N2CCN(CC(=O)NCc3ccc(OC(F)F)cc3)CC2)nc(C(C)C)n1. The van der Waals surface area contributed by atoms with Gasteiger partial charge in [0, 0.05) is 50.4 Å². The molecule has 2 heterocycles. The Bertz CT molecular complexity index is 869. The molecule has 1 aromatic heterocycles. The quantitative estimate of drug-likeness (QED) is 0.690. The van der Waals surface area contributed by atoms with Crippen LogP contribution in [0.1, 0.15) is 36.8 Å². The van der Waals surface area contributed by atoms with Crippen molar-refractivity contribution in [1.29, 1.82) is 0 Å². The predicted molar refractivity (Wildman–Crippen MR) is 114 cm³/mol. The second kappa shape index (κ2) is 10.5. The van der Waals surface area contributed by atoms with Crippen molar-refractivity contribution in [2.75, 3.05) is 37.6 Å². The molecule has 0 radical (unpaired) electrons. The largest absolute Gasteiger partial charge is 0.435 e. The average Bonchev–Trinajstić information content (AvgIpc) is 2.73. The third-order valence-electron chi connectivity index (χ3n) is 5.08. The number of halogens is 2. The summed E-state index contributed by atoms with van der Waals surface area (Å²) in [4.78, 5) is 25.8. The molecule has 0 unspecified atom stereocenters. The number of amides is 1. The van der Waals surface area contributed by atoms with Crippen LogP contribution in [0.5, 0.6) is 5.75 Å². The fourth-order valence-corrected chi connectivity index (χ4v) is 3.38. The van der Waals surface area contributed by atoms with Gasteiger partial charge in [-0.3, -0.25) is 9.69 Å². The van der Waals surface area contributed by atoms with Crippen LogP contribution in [0.15, 0.2) is 30.3 Å². The van der Waals surface area contributed by atoms with E-state index in [2.05, 4.69) is 38.7 Å². The molecule has 3 rings (SSSR count). The Kier molecular flexibility index (Phi) is 7.73. The van der Waals surface area contributed by atoms with Gasteiger partial charge in [-0.05, 0) is 24.6 Å². The number of carbonyl (C=O) groups is 1. The van der Waals surface area contributed by atoms with Gasteiger partial charge in [0.05, 0.1) is 6.54 Å². The zero-order chi connectivity index (χ0) is 22.4. The molecule has 0 bridgehead atoms. The number of piperazine rings is 1. The van der Waals surface area contributed by atoms with Crippen LogP contribution in [0.25, 0.3) is 0 Å². The molecule has 1 aliphatic rings. The first-order valence-electron chi connectivity index (χ1n) is 10.4. The van der Waals surface area contributed by atoms with Gasteiger partial charge in [-0.15, -0.1) is 0 Å². The number of aryl methyl sites for hydroxylation is 1. The molecule has 168 valence electrons. The van der Waals surface area contributed by atoms with E-state index in [0.29, 0.717) is 13.1 Å². The van der Waals surface area contributed by atoms with Crippen LogP contribution in [0.3, 0.4) is 0 Å². The first kappa shape index (κ1) is 22.9. The molecular weight excluding hydrogens is 404 g/mol. The Labute approximate surface area is 181 Å². The first-order chi connectivity index (χ1) is 14.8. The Hall–Kier alpha value is -2.81. The summed E-state index contributed by atoms with van der Waals surface area (Å²) in [5.74, 6) is 2.10. The van der Waals surface area contributed by atoms with Gasteiger partial charge in [0.1, 0.15) is 17.4 Å². The van der Waals surface area contributed by atoms with Crippen molar-refractivity contribution in [3.05, 3.63) is 47.4 Å². The van der Waals surface area contributed by atoms with E-state index in [1.807, 2.05) is 13.0 Å². The van der Waals surface area contributed by atoms with Gasteiger partial charge in [0.25, 0.3) is 0 Å². The molecule has 31 heavy (non-hydrogen) atoms. The summed E-state index contributed by atoms with van der Waals surface area (Å²) in [5.41, 5.74) is 1.78. The summed E-state index contributed by atoms with van der Waals surface area (Å²) in [5, 5.41) is 2.87.